The number of hydrazone groups is 1. The van der Waals surface area contributed by atoms with Crippen LogP contribution in [0.5, 0.6) is 5.75 Å². The molecule has 0 spiro atoms. The maximum atomic E-state index is 12.7. The van der Waals surface area contributed by atoms with E-state index in [0.29, 0.717) is 30.0 Å². The van der Waals surface area contributed by atoms with Gasteiger partial charge in [-0.1, -0.05) is 72.8 Å². The van der Waals surface area contributed by atoms with Crippen molar-refractivity contribution in [2.45, 2.75) is 13.1 Å². The second-order valence-corrected chi connectivity index (χ2v) is 9.60. The summed E-state index contributed by atoms with van der Waals surface area (Å²) in [5.41, 5.74) is 5.38. The molecule has 5 heteroatoms. The fourth-order valence-corrected chi connectivity index (χ4v) is 5.49. The molecule has 0 amide bonds. The largest absolute Gasteiger partial charge is 0.497 e. The van der Waals surface area contributed by atoms with Gasteiger partial charge < -0.3 is 9.15 Å². The zero-order valence-corrected chi connectivity index (χ0v) is 20.8. The molecular formula is C33H24N2O3. The van der Waals surface area contributed by atoms with Gasteiger partial charge in [-0.15, -0.1) is 0 Å². The van der Waals surface area contributed by atoms with Crippen LogP contribution in [0, 0.1) is 0 Å². The van der Waals surface area contributed by atoms with Crippen molar-refractivity contribution < 1.29 is 9.15 Å². The van der Waals surface area contributed by atoms with Gasteiger partial charge in [-0.05, 0) is 62.0 Å². The summed E-state index contributed by atoms with van der Waals surface area (Å²) in [5.74, 6) is 0.643. The van der Waals surface area contributed by atoms with Crippen LogP contribution in [0.1, 0.15) is 16.7 Å². The molecule has 0 N–H and O–H groups in total. The number of fused-ring (bicyclic) bond motifs is 8. The van der Waals surface area contributed by atoms with Crippen molar-refractivity contribution in [3.63, 3.8) is 0 Å². The Labute approximate surface area is 219 Å². The first-order valence-corrected chi connectivity index (χ1v) is 12.6. The Kier molecular flexibility index (Phi) is 5.22. The fraction of sp³-hybridized carbons (Fsp3) is 0.0909. The lowest BCUT2D eigenvalue weighted by Crippen LogP contribution is -2.17. The van der Waals surface area contributed by atoms with Gasteiger partial charge in [0.15, 0.2) is 0 Å². The first-order valence-electron chi connectivity index (χ1n) is 12.6. The topological polar surface area (TPSA) is 55.0 Å². The van der Waals surface area contributed by atoms with Gasteiger partial charge in [0, 0.05) is 11.5 Å². The van der Waals surface area contributed by atoms with Gasteiger partial charge in [0.05, 0.1) is 32.0 Å². The van der Waals surface area contributed by atoms with E-state index >= 15 is 0 Å². The summed E-state index contributed by atoms with van der Waals surface area (Å²) < 4.78 is 10.8. The van der Waals surface area contributed by atoms with Gasteiger partial charge in [-0.2, -0.15) is 5.10 Å². The van der Waals surface area contributed by atoms with Crippen molar-refractivity contribution in [3.05, 3.63) is 124 Å². The standard InChI is InChI=1S/C33H24N2O3/c1-37-27-15-14-23-16-26(33(36)38-30(23)17-27)18-34-35-19-24-12-10-21-6-2-4-8-28(21)31(24)32-25(20-35)13-11-22-7-3-5-9-29(22)32/h2-18H,19-20H2,1H3/b34-18+. The van der Waals surface area contributed by atoms with Crippen LogP contribution in [0.2, 0.25) is 0 Å². The third-order valence-electron chi connectivity index (χ3n) is 7.32. The fourth-order valence-electron chi connectivity index (χ4n) is 5.49. The zero-order chi connectivity index (χ0) is 25.6. The van der Waals surface area contributed by atoms with Crippen LogP contribution < -0.4 is 10.4 Å². The van der Waals surface area contributed by atoms with Crippen molar-refractivity contribution in [3.8, 4) is 16.9 Å². The van der Waals surface area contributed by atoms with Crippen molar-refractivity contribution in [2.75, 3.05) is 7.11 Å². The summed E-state index contributed by atoms with van der Waals surface area (Å²) >= 11 is 0. The van der Waals surface area contributed by atoms with E-state index < -0.39 is 5.63 Å². The highest BCUT2D eigenvalue weighted by molar-refractivity contribution is 6.08. The Bertz CT molecular complexity index is 1870. The summed E-state index contributed by atoms with van der Waals surface area (Å²) in [5, 5.41) is 12.5. The van der Waals surface area contributed by atoms with Crippen LogP contribution in [-0.4, -0.2) is 18.3 Å². The number of benzene rings is 5. The Hall–Kier alpha value is -4.90. The lowest BCUT2D eigenvalue weighted by molar-refractivity contribution is 0.276. The molecule has 0 bridgehead atoms. The molecule has 6 aromatic rings. The van der Waals surface area contributed by atoms with Gasteiger partial charge >= 0.3 is 5.63 Å². The van der Waals surface area contributed by atoms with Gasteiger partial charge in [0.25, 0.3) is 0 Å². The molecule has 1 aliphatic rings. The number of hydrogen-bond donors (Lipinski definition) is 0. The Morgan fingerprint density at radius 2 is 1.37 bits per heavy atom. The van der Waals surface area contributed by atoms with Gasteiger partial charge in [-0.3, -0.25) is 5.01 Å². The molecular weight excluding hydrogens is 472 g/mol. The zero-order valence-electron chi connectivity index (χ0n) is 20.8. The SMILES string of the molecule is COc1ccc2cc(/C=N/N3Cc4ccc5ccccc5c4-c4c(ccc5ccccc45)C3)c(=O)oc2c1. The molecule has 0 atom stereocenters. The number of hydrogen-bond acceptors (Lipinski definition) is 5. The Morgan fingerprint density at radius 1 is 0.763 bits per heavy atom. The van der Waals surface area contributed by atoms with Crippen molar-refractivity contribution in [1.82, 2.24) is 5.01 Å². The summed E-state index contributed by atoms with van der Waals surface area (Å²) in [6.45, 7) is 1.24. The van der Waals surface area contributed by atoms with Crippen LogP contribution in [0.15, 0.2) is 111 Å². The van der Waals surface area contributed by atoms with E-state index in [-0.39, 0.29) is 0 Å². The third kappa shape index (κ3) is 3.71. The predicted octanol–water partition coefficient (Wildman–Crippen LogP) is 7.12. The molecule has 2 heterocycles. The van der Waals surface area contributed by atoms with E-state index in [2.05, 4.69) is 72.8 Å². The van der Waals surface area contributed by atoms with Gasteiger partial charge in [-0.25, -0.2) is 4.79 Å². The highest BCUT2D eigenvalue weighted by atomic mass is 16.5. The first kappa shape index (κ1) is 22.3. The van der Waals surface area contributed by atoms with Crippen molar-refractivity contribution in [2.24, 2.45) is 5.10 Å². The lowest BCUT2D eigenvalue weighted by Gasteiger charge is -2.17. The smallest absolute Gasteiger partial charge is 0.345 e. The van der Waals surface area contributed by atoms with Gasteiger partial charge in [0.2, 0.25) is 0 Å². The molecule has 184 valence electrons. The summed E-state index contributed by atoms with van der Waals surface area (Å²) in [6, 6.07) is 33.1. The maximum Gasteiger partial charge on any atom is 0.345 e. The normalized spacial score (nSPS) is 13.1. The molecule has 5 nitrogen and oxygen atoms in total. The molecule has 0 fully saturated rings. The molecule has 0 aliphatic carbocycles. The third-order valence-corrected chi connectivity index (χ3v) is 7.32. The van der Waals surface area contributed by atoms with Crippen LogP contribution in [-0.2, 0) is 13.1 Å². The van der Waals surface area contributed by atoms with E-state index in [1.54, 1.807) is 19.4 Å². The summed E-state index contributed by atoms with van der Waals surface area (Å²) in [4.78, 5) is 12.7. The number of nitrogens with zero attached hydrogens (tertiary/aromatic N) is 2. The second kappa shape index (κ2) is 8.89. The quantitative estimate of drug-likeness (QED) is 0.193. The molecule has 0 saturated heterocycles. The highest BCUT2D eigenvalue weighted by Gasteiger charge is 2.22. The molecule has 1 aromatic heterocycles. The first-order chi connectivity index (χ1) is 18.7. The minimum absolute atomic E-state index is 0.407. The van der Waals surface area contributed by atoms with E-state index in [0.717, 1.165) is 5.39 Å². The molecule has 5 aromatic carbocycles. The predicted molar refractivity (Wildman–Crippen MR) is 153 cm³/mol. The van der Waals surface area contributed by atoms with Gasteiger partial charge in [0.1, 0.15) is 11.3 Å². The summed E-state index contributed by atoms with van der Waals surface area (Å²) in [6.07, 6.45) is 1.61. The molecule has 0 radical (unpaired) electrons. The van der Waals surface area contributed by atoms with Crippen LogP contribution in [0.3, 0.4) is 0 Å². The molecule has 7 rings (SSSR count). The number of rotatable bonds is 3. The van der Waals surface area contributed by atoms with Crippen LogP contribution in [0.4, 0.5) is 0 Å². The van der Waals surface area contributed by atoms with E-state index in [1.165, 1.54) is 43.8 Å². The van der Waals surface area contributed by atoms with Crippen LogP contribution in [0.25, 0.3) is 43.6 Å². The average Bonchev–Trinajstić information content (AvgIpc) is 3.12. The molecule has 1 aliphatic heterocycles. The molecule has 0 unspecified atom stereocenters. The Morgan fingerprint density at radius 3 is 2.00 bits per heavy atom. The number of methoxy groups -OCH3 is 1. The number of ether oxygens (including phenoxy) is 1. The monoisotopic (exact) mass is 496 g/mol. The molecule has 0 saturated carbocycles. The van der Waals surface area contributed by atoms with Crippen molar-refractivity contribution >= 4 is 38.7 Å². The second-order valence-electron chi connectivity index (χ2n) is 9.60. The van der Waals surface area contributed by atoms with Crippen LogP contribution >= 0.6 is 0 Å². The lowest BCUT2D eigenvalue weighted by atomic mass is 9.88. The minimum atomic E-state index is -0.429. The highest BCUT2D eigenvalue weighted by Crippen LogP contribution is 2.42. The molecule has 38 heavy (non-hydrogen) atoms. The average molecular weight is 497 g/mol. The Balaban J connectivity index is 1.36. The maximum absolute atomic E-state index is 12.7. The van der Waals surface area contributed by atoms with E-state index in [1.807, 2.05) is 23.2 Å². The van der Waals surface area contributed by atoms with Crippen molar-refractivity contribution in [1.29, 1.82) is 0 Å². The minimum Gasteiger partial charge on any atom is -0.497 e. The summed E-state index contributed by atoms with van der Waals surface area (Å²) in [7, 11) is 1.59. The van der Waals surface area contributed by atoms with E-state index in [9.17, 15) is 4.79 Å². The van der Waals surface area contributed by atoms with E-state index in [4.69, 9.17) is 14.3 Å².